The first-order valence-electron chi connectivity index (χ1n) is 3.15. The first-order valence-corrected chi connectivity index (χ1v) is 3.15. The third-order valence-electron chi connectivity index (χ3n) is 2.00. The first-order chi connectivity index (χ1) is 4.21. The van der Waals surface area contributed by atoms with Crippen molar-refractivity contribution in [2.75, 3.05) is 34.4 Å². The van der Waals surface area contributed by atoms with Crippen LogP contribution in [0.3, 0.4) is 0 Å². The molecule has 1 heterocycles. The van der Waals surface area contributed by atoms with E-state index in [0.717, 1.165) is 13.2 Å². The molecule has 0 unspecified atom stereocenters. The van der Waals surface area contributed by atoms with Gasteiger partial charge in [-0.25, -0.2) is 0 Å². The van der Waals surface area contributed by atoms with Crippen LogP contribution in [0.25, 0.3) is 0 Å². The third-order valence-corrected chi connectivity index (χ3v) is 2.00. The van der Waals surface area contributed by atoms with E-state index in [2.05, 4.69) is 24.3 Å². The Bertz CT molecular complexity index is 93.7. The van der Waals surface area contributed by atoms with Gasteiger partial charge in [0.05, 0.1) is 13.2 Å². The average Bonchev–Trinajstić information content (AvgIpc) is 1.62. The van der Waals surface area contributed by atoms with Crippen molar-refractivity contribution in [1.29, 1.82) is 0 Å². The monoisotopic (exact) mass is 130 g/mol. The molecule has 0 aliphatic carbocycles. The van der Waals surface area contributed by atoms with Crippen LogP contribution < -0.4 is 5.32 Å². The lowest BCUT2D eigenvalue weighted by molar-refractivity contribution is -0.139. The van der Waals surface area contributed by atoms with Crippen molar-refractivity contribution in [3.05, 3.63) is 0 Å². The van der Waals surface area contributed by atoms with E-state index in [0.29, 0.717) is 0 Å². The second-order valence-corrected chi connectivity index (χ2v) is 2.67. The summed E-state index contributed by atoms with van der Waals surface area (Å²) in [7, 11) is 6.07. The molecule has 54 valence electrons. The highest BCUT2D eigenvalue weighted by Gasteiger charge is 2.38. The number of rotatable bonds is 2. The van der Waals surface area contributed by atoms with Crippen LogP contribution >= 0.6 is 0 Å². The van der Waals surface area contributed by atoms with Crippen molar-refractivity contribution in [2.45, 2.75) is 5.66 Å². The van der Waals surface area contributed by atoms with Crippen molar-refractivity contribution in [1.82, 2.24) is 10.2 Å². The summed E-state index contributed by atoms with van der Waals surface area (Å²) in [4.78, 5) is 2.15. The van der Waals surface area contributed by atoms with Gasteiger partial charge in [-0.05, 0) is 21.1 Å². The van der Waals surface area contributed by atoms with Gasteiger partial charge in [0.15, 0.2) is 0 Å². The first kappa shape index (κ1) is 6.99. The fourth-order valence-corrected chi connectivity index (χ4v) is 0.922. The Hall–Kier alpha value is -0.120. The summed E-state index contributed by atoms with van der Waals surface area (Å²) < 4.78 is 5.09. The number of hydrogen-bond acceptors (Lipinski definition) is 3. The summed E-state index contributed by atoms with van der Waals surface area (Å²) in [6.45, 7) is 1.60. The number of nitrogens with one attached hydrogen (secondary N) is 1. The Labute approximate surface area is 56.0 Å². The smallest absolute Gasteiger partial charge is 0.118 e. The van der Waals surface area contributed by atoms with Crippen molar-refractivity contribution < 1.29 is 4.74 Å². The van der Waals surface area contributed by atoms with Gasteiger partial charge in [-0.15, -0.1) is 0 Å². The molecular formula is C6H14N2O. The molecule has 1 N–H and O–H groups in total. The summed E-state index contributed by atoms with van der Waals surface area (Å²) in [6, 6.07) is 0. The van der Waals surface area contributed by atoms with Gasteiger partial charge >= 0.3 is 0 Å². The minimum absolute atomic E-state index is 0.125. The molecule has 1 fully saturated rings. The Balaban J connectivity index is 2.46. The maximum atomic E-state index is 5.09. The molecule has 0 aromatic heterocycles. The summed E-state index contributed by atoms with van der Waals surface area (Å²) in [6.07, 6.45) is 0. The molecular weight excluding hydrogens is 116 g/mol. The number of nitrogens with zero attached hydrogens (tertiary/aromatic N) is 1. The summed E-state index contributed by atoms with van der Waals surface area (Å²) in [5.74, 6) is 0. The largest absolute Gasteiger partial charge is 0.375 e. The highest BCUT2D eigenvalue weighted by molar-refractivity contribution is 4.89. The zero-order valence-electron chi connectivity index (χ0n) is 6.27. The lowest BCUT2D eigenvalue weighted by Gasteiger charge is -2.46. The van der Waals surface area contributed by atoms with E-state index < -0.39 is 0 Å². The van der Waals surface area contributed by atoms with Gasteiger partial charge < -0.3 is 4.74 Å². The molecule has 0 atom stereocenters. The van der Waals surface area contributed by atoms with Crippen molar-refractivity contribution in [3.63, 3.8) is 0 Å². The molecule has 1 aliphatic rings. The Kier molecular flexibility index (Phi) is 1.75. The van der Waals surface area contributed by atoms with Crippen LogP contribution in [0.2, 0.25) is 0 Å². The molecule has 0 aromatic rings. The average molecular weight is 130 g/mol. The van der Waals surface area contributed by atoms with Crippen LogP contribution in [0.1, 0.15) is 0 Å². The number of ether oxygens (including phenoxy) is 1. The molecule has 0 saturated carbocycles. The molecule has 1 rings (SSSR count). The normalized spacial score (nSPS) is 24.0. The van der Waals surface area contributed by atoms with E-state index >= 15 is 0 Å². The standard InChI is InChI=1S/C6H14N2O/c1-7-6(8(2)3)4-9-5-6/h7H,4-5H2,1-3H3. The molecule has 3 heteroatoms. The topological polar surface area (TPSA) is 24.5 Å². The summed E-state index contributed by atoms with van der Waals surface area (Å²) in [5, 5.41) is 3.22. The maximum absolute atomic E-state index is 5.09. The lowest BCUT2D eigenvalue weighted by atomic mass is 10.1. The summed E-state index contributed by atoms with van der Waals surface area (Å²) in [5.41, 5.74) is 0.125. The van der Waals surface area contributed by atoms with Gasteiger partial charge in [0.2, 0.25) is 0 Å². The van der Waals surface area contributed by atoms with Gasteiger partial charge in [0.25, 0.3) is 0 Å². The summed E-state index contributed by atoms with van der Waals surface area (Å²) >= 11 is 0. The van der Waals surface area contributed by atoms with E-state index in [1.807, 2.05) is 7.05 Å². The second kappa shape index (κ2) is 2.25. The van der Waals surface area contributed by atoms with Gasteiger partial charge in [0, 0.05) is 0 Å². The fraction of sp³-hybridized carbons (Fsp3) is 1.00. The molecule has 0 spiro atoms. The minimum Gasteiger partial charge on any atom is -0.375 e. The molecule has 1 saturated heterocycles. The number of likely N-dealkylation sites (N-methyl/N-ethyl adjacent to an activating group) is 2. The third kappa shape index (κ3) is 0.956. The molecule has 0 radical (unpaired) electrons. The van der Waals surface area contributed by atoms with Crippen molar-refractivity contribution in [3.8, 4) is 0 Å². The zero-order valence-corrected chi connectivity index (χ0v) is 6.27. The predicted molar refractivity (Wildman–Crippen MR) is 36.3 cm³/mol. The van der Waals surface area contributed by atoms with Crippen LogP contribution in [-0.4, -0.2) is 44.9 Å². The Morgan fingerprint density at radius 1 is 1.44 bits per heavy atom. The maximum Gasteiger partial charge on any atom is 0.118 e. The molecule has 9 heavy (non-hydrogen) atoms. The Morgan fingerprint density at radius 2 is 2.00 bits per heavy atom. The van der Waals surface area contributed by atoms with E-state index in [-0.39, 0.29) is 5.66 Å². The minimum atomic E-state index is 0.125. The van der Waals surface area contributed by atoms with Crippen LogP contribution in [-0.2, 0) is 4.74 Å². The zero-order chi connectivity index (χ0) is 6.91. The molecule has 0 amide bonds. The van der Waals surface area contributed by atoms with Crippen LogP contribution in [0.5, 0.6) is 0 Å². The lowest BCUT2D eigenvalue weighted by Crippen LogP contribution is -2.67. The second-order valence-electron chi connectivity index (χ2n) is 2.67. The van der Waals surface area contributed by atoms with Gasteiger partial charge in [-0.3, -0.25) is 10.2 Å². The predicted octanol–water partition coefficient (Wildman–Crippen LogP) is -0.506. The Morgan fingerprint density at radius 3 is 2.00 bits per heavy atom. The quantitative estimate of drug-likeness (QED) is 0.510. The van der Waals surface area contributed by atoms with Gasteiger partial charge in [-0.2, -0.15) is 0 Å². The van der Waals surface area contributed by atoms with Crippen molar-refractivity contribution >= 4 is 0 Å². The SMILES string of the molecule is CNC1(N(C)C)COC1. The van der Waals surface area contributed by atoms with Crippen LogP contribution in [0, 0.1) is 0 Å². The van der Waals surface area contributed by atoms with Gasteiger partial charge in [-0.1, -0.05) is 0 Å². The molecule has 3 nitrogen and oxygen atoms in total. The van der Waals surface area contributed by atoms with E-state index in [1.165, 1.54) is 0 Å². The van der Waals surface area contributed by atoms with E-state index in [1.54, 1.807) is 0 Å². The van der Waals surface area contributed by atoms with Crippen molar-refractivity contribution in [2.24, 2.45) is 0 Å². The number of hydrogen-bond donors (Lipinski definition) is 1. The van der Waals surface area contributed by atoms with Crippen LogP contribution in [0.15, 0.2) is 0 Å². The highest BCUT2D eigenvalue weighted by atomic mass is 16.5. The van der Waals surface area contributed by atoms with E-state index in [4.69, 9.17) is 4.74 Å². The van der Waals surface area contributed by atoms with Gasteiger partial charge in [0.1, 0.15) is 5.66 Å². The highest BCUT2D eigenvalue weighted by Crippen LogP contribution is 2.17. The molecule has 1 aliphatic heterocycles. The fourth-order valence-electron chi connectivity index (χ4n) is 0.922. The van der Waals surface area contributed by atoms with E-state index in [9.17, 15) is 0 Å². The molecule has 0 bridgehead atoms. The molecule has 0 aromatic carbocycles. The van der Waals surface area contributed by atoms with Crippen LogP contribution in [0.4, 0.5) is 0 Å².